The zero-order valence-corrected chi connectivity index (χ0v) is 19.1. The Kier molecular flexibility index (Phi) is 6.47. The summed E-state index contributed by atoms with van der Waals surface area (Å²) in [5.41, 5.74) is 13.9. The fraction of sp³-hybridized carbons (Fsp3) is 0.640. The molecule has 1 saturated heterocycles. The topological polar surface area (TPSA) is 104 Å². The molecule has 1 aliphatic heterocycles. The third kappa shape index (κ3) is 5.00. The van der Waals surface area contributed by atoms with Crippen LogP contribution in [0.3, 0.4) is 0 Å². The van der Waals surface area contributed by atoms with E-state index in [1.807, 2.05) is 0 Å². The molecule has 1 heterocycles. The minimum absolute atomic E-state index is 0.296. The maximum absolute atomic E-state index is 8.15. The molecule has 2 bridgehead atoms. The van der Waals surface area contributed by atoms with Crippen molar-refractivity contribution in [1.82, 2.24) is 4.90 Å². The number of amidine groups is 1. The molecule has 0 radical (unpaired) electrons. The first-order chi connectivity index (χ1) is 14.9. The predicted octanol–water partition coefficient (Wildman–Crippen LogP) is 3.17. The Morgan fingerprint density at radius 2 is 1.97 bits per heavy atom. The second-order valence-electron chi connectivity index (χ2n) is 10.1. The van der Waals surface area contributed by atoms with Crippen LogP contribution in [0.5, 0.6) is 0 Å². The van der Waals surface area contributed by atoms with Crippen molar-refractivity contribution in [2.75, 3.05) is 33.2 Å². The van der Waals surface area contributed by atoms with E-state index in [-0.39, 0.29) is 0 Å². The molecule has 168 valence electrons. The van der Waals surface area contributed by atoms with E-state index in [1.165, 1.54) is 51.7 Å². The first-order valence-electron chi connectivity index (χ1n) is 11.8. The fourth-order valence-electron chi connectivity index (χ4n) is 5.96. The van der Waals surface area contributed by atoms with Gasteiger partial charge in [0, 0.05) is 37.6 Å². The molecule has 3 fully saturated rings. The van der Waals surface area contributed by atoms with Gasteiger partial charge in [0.15, 0.2) is 0 Å². The number of aliphatic imine (C=N–C) groups is 2. The van der Waals surface area contributed by atoms with Crippen LogP contribution in [0.15, 0.2) is 45.6 Å². The third-order valence-corrected chi connectivity index (χ3v) is 8.01. The van der Waals surface area contributed by atoms with Gasteiger partial charge in [0.05, 0.1) is 5.71 Å². The maximum atomic E-state index is 8.15. The SMILES string of the molecule is CN=CC(C(=N)/C=C\C(N)=NCC1CC12CCN(CC1CC3C=CC1C3)CC2)=C(C)N. The summed E-state index contributed by atoms with van der Waals surface area (Å²) in [4.78, 5) is 11.3. The van der Waals surface area contributed by atoms with E-state index in [2.05, 4.69) is 27.0 Å². The van der Waals surface area contributed by atoms with Gasteiger partial charge in [0.1, 0.15) is 5.84 Å². The number of nitrogens with zero attached hydrogens (tertiary/aromatic N) is 3. The zero-order valence-electron chi connectivity index (χ0n) is 19.1. The van der Waals surface area contributed by atoms with E-state index < -0.39 is 0 Å². The molecule has 4 rings (SSSR count). The summed E-state index contributed by atoms with van der Waals surface area (Å²) in [6.45, 7) is 6.36. The highest BCUT2D eigenvalue weighted by Crippen LogP contribution is 2.59. The van der Waals surface area contributed by atoms with Gasteiger partial charge in [-0.1, -0.05) is 12.2 Å². The van der Waals surface area contributed by atoms with Gasteiger partial charge in [0.25, 0.3) is 0 Å². The summed E-state index contributed by atoms with van der Waals surface area (Å²) in [6.07, 6.45) is 16.6. The molecule has 4 aliphatic rings. The molecule has 5 N–H and O–H groups in total. The number of allylic oxidation sites excluding steroid dienone is 5. The van der Waals surface area contributed by atoms with E-state index in [0.717, 1.165) is 24.3 Å². The van der Waals surface area contributed by atoms with Crippen molar-refractivity contribution in [3.8, 4) is 0 Å². The van der Waals surface area contributed by atoms with E-state index in [4.69, 9.17) is 16.9 Å². The number of piperidine rings is 1. The molecule has 31 heavy (non-hydrogen) atoms. The summed E-state index contributed by atoms with van der Waals surface area (Å²) >= 11 is 0. The molecule has 0 aromatic carbocycles. The summed E-state index contributed by atoms with van der Waals surface area (Å²) in [5.74, 6) is 3.78. The summed E-state index contributed by atoms with van der Waals surface area (Å²) in [7, 11) is 1.67. The van der Waals surface area contributed by atoms with Crippen LogP contribution in [0.2, 0.25) is 0 Å². The van der Waals surface area contributed by atoms with Crippen LogP contribution >= 0.6 is 0 Å². The van der Waals surface area contributed by atoms with Crippen LogP contribution in [0, 0.1) is 34.5 Å². The molecule has 0 amide bonds. The Labute approximate surface area is 186 Å². The minimum Gasteiger partial charge on any atom is -0.402 e. The number of likely N-dealkylation sites (tertiary alicyclic amines) is 1. The number of rotatable bonds is 8. The minimum atomic E-state index is 0.296. The Bertz CT molecular complexity index is 836. The summed E-state index contributed by atoms with van der Waals surface area (Å²) < 4.78 is 0. The number of nitrogens with two attached hydrogens (primary N) is 2. The zero-order chi connectivity index (χ0) is 22.0. The number of nitrogens with one attached hydrogen (secondary N) is 1. The lowest BCUT2D eigenvalue weighted by Gasteiger charge is -2.35. The molecule has 1 spiro atoms. The molecule has 4 unspecified atom stereocenters. The van der Waals surface area contributed by atoms with Gasteiger partial charge >= 0.3 is 0 Å². The molecular weight excluding hydrogens is 384 g/mol. The van der Waals surface area contributed by atoms with Crippen LogP contribution in [0.25, 0.3) is 0 Å². The molecule has 6 heteroatoms. The number of hydrogen-bond acceptors (Lipinski definition) is 5. The van der Waals surface area contributed by atoms with Crippen LogP contribution in [0.1, 0.15) is 39.0 Å². The molecule has 2 saturated carbocycles. The van der Waals surface area contributed by atoms with Gasteiger partial charge < -0.3 is 21.8 Å². The van der Waals surface area contributed by atoms with Gasteiger partial charge in [-0.05, 0) is 93.4 Å². The number of fused-ring (bicyclic) bond motifs is 2. The van der Waals surface area contributed by atoms with Crippen molar-refractivity contribution < 1.29 is 0 Å². The highest BCUT2D eigenvalue weighted by molar-refractivity contribution is 6.21. The number of hydrogen-bond donors (Lipinski definition) is 3. The van der Waals surface area contributed by atoms with Gasteiger partial charge in [-0.15, -0.1) is 0 Å². The van der Waals surface area contributed by atoms with Gasteiger partial charge in [-0.25, -0.2) is 0 Å². The summed E-state index contributed by atoms with van der Waals surface area (Å²) in [6, 6.07) is 0. The highest BCUT2D eigenvalue weighted by atomic mass is 15.1. The van der Waals surface area contributed by atoms with Crippen LogP contribution in [0.4, 0.5) is 0 Å². The largest absolute Gasteiger partial charge is 0.402 e. The van der Waals surface area contributed by atoms with Crippen LogP contribution in [-0.4, -0.2) is 55.9 Å². The lowest BCUT2D eigenvalue weighted by molar-refractivity contribution is 0.136. The van der Waals surface area contributed by atoms with Crippen LogP contribution < -0.4 is 11.5 Å². The van der Waals surface area contributed by atoms with Crippen LogP contribution in [-0.2, 0) is 0 Å². The Balaban J connectivity index is 1.21. The molecular formula is C25H38N6. The average molecular weight is 423 g/mol. The maximum Gasteiger partial charge on any atom is 0.118 e. The molecule has 0 aromatic rings. The lowest BCUT2D eigenvalue weighted by Crippen LogP contribution is -2.39. The Hall–Kier alpha value is -2.21. The first-order valence-corrected chi connectivity index (χ1v) is 11.8. The third-order valence-electron chi connectivity index (χ3n) is 8.01. The highest BCUT2D eigenvalue weighted by Gasteiger charge is 2.54. The Morgan fingerprint density at radius 3 is 2.58 bits per heavy atom. The van der Waals surface area contributed by atoms with Gasteiger partial charge in [0.2, 0.25) is 0 Å². The quantitative estimate of drug-likeness (QED) is 0.318. The van der Waals surface area contributed by atoms with E-state index >= 15 is 0 Å². The molecule has 6 nitrogen and oxygen atoms in total. The van der Waals surface area contributed by atoms with Gasteiger partial charge in [-0.2, -0.15) is 0 Å². The van der Waals surface area contributed by atoms with Crippen molar-refractivity contribution in [3.05, 3.63) is 35.6 Å². The molecule has 0 aromatic heterocycles. The molecule has 3 aliphatic carbocycles. The monoisotopic (exact) mass is 422 g/mol. The predicted molar refractivity (Wildman–Crippen MR) is 130 cm³/mol. The first kappa shape index (κ1) is 22.0. The van der Waals surface area contributed by atoms with Crippen molar-refractivity contribution in [2.45, 2.75) is 39.0 Å². The average Bonchev–Trinajstić information content (AvgIpc) is 3.05. The smallest absolute Gasteiger partial charge is 0.118 e. The second kappa shape index (κ2) is 9.11. The van der Waals surface area contributed by atoms with Crippen molar-refractivity contribution in [3.63, 3.8) is 0 Å². The van der Waals surface area contributed by atoms with Gasteiger partial charge in [-0.3, -0.25) is 9.98 Å². The second-order valence-corrected chi connectivity index (χ2v) is 10.1. The van der Waals surface area contributed by atoms with Crippen molar-refractivity contribution >= 4 is 17.8 Å². The normalized spacial score (nSPS) is 33.0. The standard InChI is InChI=1S/C25H38N6/c1-17(26)22(15-29-2)23(27)5-6-24(28)30-14-21-13-25(21)7-9-31(10-8-25)16-20-12-18-3-4-19(20)11-18/h3-6,15,18-21,27H,7-14,16,26H2,1-2H3,(H2,28,30)/b6-5-,22-17?,27-23?,29-15?. The Morgan fingerprint density at radius 1 is 1.19 bits per heavy atom. The molecule has 4 atom stereocenters. The van der Waals surface area contributed by atoms with Crippen molar-refractivity contribution in [1.29, 1.82) is 5.41 Å². The van der Waals surface area contributed by atoms with E-state index in [9.17, 15) is 0 Å². The fourth-order valence-corrected chi connectivity index (χ4v) is 5.96. The summed E-state index contributed by atoms with van der Waals surface area (Å²) in [5, 5.41) is 8.15. The van der Waals surface area contributed by atoms with E-state index in [0.29, 0.717) is 34.2 Å². The lowest BCUT2D eigenvalue weighted by atomic mass is 9.88. The van der Waals surface area contributed by atoms with Crippen molar-refractivity contribution in [2.24, 2.45) is 50.5 Å². The van der Waals surface area contributed by atoms with E-state index in [1.54, 1.807) is 32.3 Å².